The van der Waals surface area contributed by atoms with E-state index in [0.717, 1.165) is 12.0 Å². The molecule has 1 amide bonds. The number of rotatable bonds is 8. The number of hydrogen-bond acceptors (Lipinski definition) is 3. The number of hydrogen-bond donors (Lipinski definition) is 2. The third-order valence-electron chi connectivity index (χ3n) is 3.26. The van der Waals surface area contributed by atoms with Crippen LogP contribution in [-0.2, 0) is 11.2 Å². The number of benzene rings is 1. The molecule has 0 aliphatic carbocycles. The number of carbonyl (C=O) groups excluding carboxylic acids is 1. The van der Waals surface area contributed by atoms with Gasteiger partial charge in [0.2, 0.25) is 5.91 Å². The molecule has 0 aromatic heterocycles. The molecule has 1 aromatic carbocycles. The van der Waals surface area contributed by atoms with Gasteiger partial charge in [0.15, 0.2) is 11.6 Å². The van der Waals surface area contributed by atoms with E-state index in [2.05, 4.69) is 19.2 Å². The van der Waals surface area contributed by atoms with Crippen LogP contribution in [0.3, 0.4) is 0 Å². The van der Waals surface area contributed by atoms with Gasteiger partial charge in [-0.1, -0.05) is 19.9 Å². The summed E-state index contributed by atoms with van der Waals surface area (Å²) in [5.74, 6) is 0.232. The first kappa shape index (κ1) is 20.7. The van der Waals surface area contributed by atoms with Crippen molar-refractivity contribution in [3.8, 4) is 5.75 Å². The lowest BCUT2D eigenvalue weighted by molar-refractivity contribution is -0.121. The number of carbonyl (C=O) groups is 1. The average molecular weight is 333 g/mol. The maximum Gasteiger partial charge on any atom is 0.220 e. The van der Waals surface area contributed by atoms with Gasteiger partial charge < -0.3 is 15.8 Å². The van der Waals surface area contributed by atoms with Crippen molar-refractivity contribution in [1.82, 2.24) is 5.32 Å². The molecular formula is C16H26ClFN2O2. The Bertz CT molecular complexity index is 469. The molecule has 22 heavy (non-hydrogen) atoms. The molecule has 1 atom stereocenters. The summed E-state index contributed by atoms with van der Waals surface area (Å²) in [6.07, 6.45) is 1.67. The van der Waals surface area contributed by atoms with Crippen LogP contribution in [0.4, 0.5) is 4.39 Å². The second-order valence-corrected chi connectivity index (χ2v) is 5.60. The van der Waals surface area contributed by atoms with Crippen molar-refractivity contribution in [1.29, 1.82) is 0 Å². The molecule has 0 saturated heterocycles. The van der Waals surface area contributed by atoms with Crippen LogP contribution in [0.25, 0.3) is 0 Å². The van der Waals surface area contributed by atoms with Crippen molar-refractivity contribution in [3.63, 3.8) is 0 Å². The minimum atomic E-state index is -0.407. The molecule has 0 bridgehead atoms. The van der Waals surface area contributed by atoms with Crippen molar-refractivity contribution in [2.24, 2.45) is 11.7 Å². The second kappa shape index (κ2) is 10.4. The minimum absolute atomic E-state index is 0. The van der Waals surface area contributed by atoms with Crippen LogP contribution in [0.2, 0.25) is 0 Å². The lowest BCUT2D eigenvalue weighted by atomic mass is 10.0. The first-order valence-corrected chi connectivity index (χ1v) is 7.28. The van der Waals surface area contributed by atoms with E-state index in [1.54, 1.807) is 12.1 Å². The highest BCUT2D eigenvalue weighted by molar-refractivity contribution is 5.85. The highest BCUT2D eigenvalue weighted by Crippen LogP contribution is 2.18. The van der Waals surface area contributed by atoms with Crippen LogP contribution in [0.15, 0.2) is 18.2 Å². The Balaban J connectivity index is 0.00000441. The van der Waals surface area contributed by atoms with Crippen molar-refractivity contribution >= 4 is 18.3 Å². The summed E-state index contributed by atoms with van der Waals surface area (Å²) in [4.78, 5) is 11.9. The predicted octanol–water partition coefficient (Wildman–Crippen LogP) is 2.68. The van der Waals surface area contributed by atoms with Crippen molar-refractivity contribution < 1.29 is 13.9 Å². The smallest absolute Gasteiger partial charge is 0.220 e. The lowest BCUT2D eigenvalue weighted by Crippen LogP contribution is -2.41. The number of amides is 1. The molecule has 0 aliphatic heterocycles. The molecule has 3 N–H and O–H groups in total. The highest BCUT2D eigenvalue weighted by Gasteiger charge is 2.12. The van der Waals surface area contributed by atoms with Gasteiger partial charge in [-0.15, -0.1) is 12.4 Å². The number of aryl methyl sites for hydroxylation is 1. The Labute approximate surface area is 138 Å². The zero-order chi connectivity index (χ0) is 15.8. The average Bonchev–Trinajstić information content (AvgIpc) is 2.44. The van der Waals surface area contributed by atoms with Gasteiger partial charge in [0.05, 0.1) is 7.11 Å². The van der Waals surface area contributed by atoms with E-state index in [1.807, 2.05) is 0 Å². The molecule has 0 saturated carbocycles. The van der Waals surface area contributed by atoms with Crippen LogP contribution in [0.5, 0.6) is 5.75 Å². The molecule has 6 heteroatoms. The van der Waals surface area contributed by atoms with Crippen LogP contribution >= 0.6 is 12.4 Å². The summed E-state index contributed by atoms with van der Waals surface area (Å²) in [5.41, 5.74) is 6.42. The molecule has 1 unspecified atom stereocenters. The predicted molar refractivity (Wildman–Crippen MR) is 89.0 cm³/mol. The second-order valence-electron chi connectivity index (χ2n) is 5.60. The monoisotopic (exact) mass is 332 g/mol. The fourth-order valence-electron chi connectivity index (χ4n) is 2.21. The molecular weight excluding hydrogens is 307 g/mol. The van der Waals surface area contributed by atoms with Gasteiger partial charge in [-0.05, 0) is 36.5 Å². The van der Waals surface area contributed by atoms with Gasteiger partial charge in [0.1, 0.15) is 0 Å². The van der Waals surface area contributed by atoms with E-state index in [-0.39, 0.29) is 30.1 Å². The Morgan fingerprint density at radius 3 is 2.59 bits per heavy atom. The van der Waals surface area contributed by atoms with E-state index in [1.165, 1.54) is 13.2 Å². The highest BCUT2D eigenvalue weighted by atomic mass is 35.5. The SMILES string of the molecule is COc1ccc(CCC(=O)NC(CN)CC(C)C)cc1F.Cl. The molecule has 0 spiro atoms. The third-order valence-corrected chi connectivity index (χ3v) is 3.26. The van der Waals surface area contributed by atoms with Crippen molar-refractivity contribution in [3.05, 3.63) is 29.6 Å². The molecule has 126 valence electrons. The number of nitrogens with one attached hydrogen (secondary N) is 1. The van der Waals surface area contributed by atoms with Crippen LogP contribution in [0.1, 0.15) is 32.3 Å². The Morgan fingerprint density at radius 1 is 1.41 bits per heavy atom. The summed E-state index contributed by atoms with van der Waals surface area (Å²) >= 11 is 0. The Hall–Kier alpha value is -1.33. The summed E-state index contributed by atoms with van der Waals surface area (Å²) in [6.45, 7) is 4.62. The van der Waals surface area contributed by atoms with E-state index in [0.29, 0.717) is 25.3 Å². The molecule has 0 radical (unpaired) electrons. The topological polar surface area (TPSA) is 64.3 Å². The number of nitrogens with two attached hydrogens (primary N) is 1. The maximum atomic E-state index is 13.5. The van der Waals surface area contributed by atoms with Crippen LogP contribution in [-0.4, -0.2) is 25.6 Å². The lowest BCUT2D eigenvalue weighted by Gasteiger charge is -2.18. The zero-order valence-electron chi connectivity index (χ0n) is 13.4. The van der Waals surface area contributed by atoms with Gasteiger partial charge >= 0.3 is 0 Å². The molecule has 1 aromatic rings. The molecule has 0 heterocycles. The Kier molecular flexibility index (Phi) is 9.78. The first-order valence-electron chi connectivity index (χ1n) is 7.28. The number of methoxy groups -OCH3 is 1. The summed E-state index contributed by atoms with van der Waals surface area (Å²) < 4.78 is 18.4. The van der Waals surface area contributed by atoms with Crippen molar-refractivity contribution in [2.75, 3.05) is 13.7 Å². The molecule has 1 rings (SSSR count). The van der Waals surface area contributed by atoms with Gasteiger partial charge in [0, 0.05) is 19.0 Å². The van der Waals surface area contributed by atoms with Crippen LogP contribution < -0.4 is 15.8 Å². The van der Waals surface area contributed by atoms with Crippen molar-refractivity contribution in [2.45, 2.75) is 39.2 Å². The standard InChI is InChI=1S/C16H25FN2O2.ClH/c1-11(2)8-13(10-18)19-16(20)7-5-12-4-6-15(21-3)14(17)9-12;/h4,6,9,11,13H,5,7-8,10,18H2,1-3H3,(H,19,20);1H. The van der Waals surface area contributed by atoms with Crippen LogP contribution in [0, 0.1) is 11.7 Å². The quantitative estimate of drug-likeness (QED) is 0.769. The van der Waals surface area contributed by atoms with E-state index >= 15 is 0 Å². The number of ether oxygens (including phenoxy) is 1. The zero-order valence-corrected chi connectivity index (χ0v) is 14.2. The van der Waals surface area contributed by atoms with Gasteiger partial charge in [-0.3, -0.25) is 4.79 Å². The molecule has 0 fully saturated rings. The maximum absolute atomic E-state index is 13.5. The fraction of sp³-hybridized carbons (Fsp3) is 0.562. The summed E-state index contributed by atoms with van der Waals surface area (Å²) in [5, 5.41) is 2.92. The van der Waals surface area contributed by atoms with E-state index < -0.39 is 5.82 Å². The molecule has 0 aliphatic rings. The van der Waals surface area contributed by atoms with Gasteiger partial charge in [-0.25, -0.2) is 4.39 Å². The largest absolute Gasteiger partial charge is 0.494 e. The van der Waals surface area contributed by atoms with E-state index in [9.17, 15) is 9.18 Å². The summed E-state index contributed by atoms with van der Waals surface area (Å²) in [6, 6.07) is 4.75. The third kappa shape index (κ3) is 7.09. The van der Waals surface area contributed by atoms with Gasteiger partial charge in [0.25, 0.3) is 0 Å². The first-order chi connectivity index (χ1) is 9.96. The Morgan fingerprint density at radius 2 is 2.09 bits per heavy atom. The number of halogens is 2. The fourth-order valence-corrected chi connectivity index (χ4v) is 2.21. The molecule has 4 nitrogen and oxygen atoms in total. The normalized spacial score (nSPS) is 11.7. The summed E-state index contributed by atoms with van der Waals surface area (Å²) in [7, 11) is 1.42. The van der Waals surface area contributed by atoms with E-state index in [4.69, 9.17) is 10.5 Å². The minimum Gasteiger partial charge on any atom is -0.494 e. The van der Waals surface area contributed by atoms with Gasteiger partial charge in [-0.2, -0.15) is 0 Å².